The zero-order valence-electron chi connectivity index (χ0n) is 7.70. The summed E-state index contributed by atoms with van der Waals surface area (Å²) in [6.45, 7) is 6.83. The molecule has 0 radical (unpaired) electrons. The number of aryl methyl sites for hydroxylation is 1. The van der Waals surface area contributed by atoms with E-state index in [0.717, 1.165) is 0 Å². The Morgan fingerprint density at radius 1 is 1.69 bits per heavy atom. The summed E-state index contributed by atoms with van der Waals surface area (Å²) in [6.07, 6.45) is 1.37. The van der Waals surface area contributed by atoms with Gasteiger partial charge in [-0.3, -0.25) is 4.79 Å². The van der Waals surface area contributed by atoms with Crippen molar-refractivity contribution in [1.82, 2.24) is 0 Å². The van der Waals surface area contributed by atoms with Crippen LogP contribution in [0.4, 0.5) is 0 Å². The summed E-state index contributed by atoms with van der Waals surface area (Å²) in [6, 6.07) is 3.39. The smallest absolute Gasteiger partial charge is 0.320 e. The van der Waals surface area contributed by atoms with E-state index in [0.29, 0.717) is 11.5 Å². The van der Waals surface area contributed by atoms with Gasteiger partial charge in [-0.2, -0.15) is 0 Å². The minimum Gasteiger partial charge on any atom is -0.480 e. The summed E-state index contributed by atoms with van der Waals surface area (Å²) in [7, 11) is 0. The summed E-state index contributed by atoms with van der Waals surface area (Å²) >= 11 is 0. The standard InChI is InChI=1S/C10H12O3/c1-4-10(3,9(11)12)8-6-5-7(2)13-8/h4-6H,1H2,2-3H3,(H,11,12). The van der Waals surface area contributed by atoms with Gasteiger partial charge in [0.2, 0.25) is 0 Å². The van der Waals surface area contributed by atoms with Crippen molar-refractivity contribution in [2.45, 2.75) is 19.3 Å². The van der Waals surface area contributed by atoms with Gasteiger partial charge in [0.15, 0.2) is 0 Å². The molecular formula is C10H12O3. The van der Waals surface area contributed by atoms with Crippen LogP contribution in [0.1, 0.15) is 18.4 Å². The van der Waals surface area contributed by atoms with E-state index < -0.39 is 11.4 Å². The van der Waals surface area contributed by atoms with Crippen molar-refractivity contribution in [3.8, 4) is 0 Å². The fraction of sp³-hybridized carbons (Fsp3) is 0.300. The fourth-order valence-electron chi connectivity index (χ4n) is 1.01. The van der Waals surface area contributed by atoms with E-state index in [1.54, 1.807) is 26.0 Å². The number of carbonyl (C=O) groups is 1. The fourth-order valence-corrected chi connectivity index (χ4v) is 1.01. The second-order valence-corrected chi connectivity index (χ2v) is 3.12. The quantitative estimate of drug-likeness (QED) is 0.725. The summed E-state index contributed by atoms with van der Waals surface area (Å²) in [4.78, 5) is 10.9. The van der Waals surface area contributed by atoms with Gasteiger partial charge < -0.3 is 9.52 Å². The SMILES string of the molecule is C=CC(C)(C(=O)O)c1ccc(C)o1. The average Bonchev–Trinajstić information content (AvgIpc) is 2.50. The Bertz CT molecular complexity index is 338. The third-order valence-corrected chi connectivity index (χ3v) is 2.10. The van der Waals surface area contributed by atoms with Crippen molar-refractivity contribution in [3.05, 3.63) is 36.3 Å². The van der Waals surface area contributed by atoms with E-state index in [2.05, 4.69) is 6.58 Å². The molecule has 0 aromatic carbocycles. The van der Waals surface area contributed by atoms with Gasteiger partial charge >= 0.3 is 5.97 Å². The minimum atomic E-state index is -1.13. The highest BCUT2D eigenvalue weighted by Crippen LogP contribution is 2.26. The van der Waals surface area contributed by atoms with E-state index in [4.69, 9.17) is 9.52 Å². The molecule has 1 heterocycles. The molecule has 13 heavy (non-hydrogen) atoms. The third-order valence-electron chi connectivity index (χ3n) is 2.10. The molecule has 1 rings (SSSR count). The average molecular weight is 180 g/mol. The molecule has 70 valence electrons. The van der Waals surface area contributed by atoms with E-state index >= 15 is 0 Å². The van der Waals surface area contributed by atoms with Crippen LogP contribution in [-0.4, -0.2) is 11.1 Å². The van der Waals surface area contributed by atoms with E-state index in [9.17, 15) is 4.79 Å². The van der Waals surface area contributed by atoms with Crippen LogP contribution in [0.15, 0.2) is 29.2 Å². The molecule has 0 fully saturated rings. The molecule has 0 spiro atoms. The number of hydrogen-bond acceptors (Lipinski definition) is 2. The van der Waals surface area contributed by atoms with Crippen molar-refractivity contribution >= 4 is 5.97 Å². The first-order chi connectivity index (χ1) is 6.00. The largest absolute Gasteiger partial charge is 0.480 e. The highest BCUT2D eigenvalue weighted by Gasteiger charge is 2.34. The van der Waals surface area contributed by atoms with Crippen LogP contribution in [-0.2, 0) is 10.2 Å². The van der Waals surface area contributed by atoms with Crippen LogP contribution in [0.3, 0.4) is 0 Å². The van der Waals surface area contributed by atoms with Gasteiger partial charge in [-0.25, -0.2) is 0 Å². The normalized spacial score (nSPS) is 14.9. The van der Waals surface area contributed by atoms with E-state index in [-0.39, 0.29) is 0 Å². The van der Waals surface area contributed by atoms with Gasteiger partial charge in [-0.1, -0.05) is 6.08 Å². The highest BCUT2D eigenvalue weighted by atomic mass is 16.4. The van der Waals surface area contributed by atoms with Crippen LogP contribution in [0.2, 0.25) is 0 Å². The lowest BCUT2D eigenvalue weighted by molar-refractivity contribution is -0.141. The Kier molecular flexibility index (Phi) is 2.28. The lowest BCUT2D eigenvalue weighted by Crippen LogP contribution is -2.29. The van der Waals surface area contributed by atoms with Gasteiger partial charge in [-0.15, -0.1) is 6.58 Å². The van der Waals surface area contributed by atoms with Crippen molar-refractivity contribution in [3.63, 3.8) is 0 Å². The van der Waals surface area contributed by atoms with Gasteiger partial charge in [-0.05, 0) is 26.0 Å². The molecule has 0 saturated heterocycles. The minimum absolute atomic E-state index is 0.410. The summed E-state index contributed by atoms with van der Waals surface area (Å²) in [5.74, 6) is 0.147. The van der Waals surface area contributed by atoms with Gasteiger partial charge in [0.05, 0.1) is 0 Å². The zero-order valence-corrected chi connectivity index (χ0v) is 7.70. The van der Waals surface area contributed by atoms with E-state index in [1.807, 2.05) is 0 Å². The molecule has 1 N–H and O–H groups in total. The maximum absolute atomic E-state index is 10.9. The zero-order chi connectivity index (χ0) is 10.1. The molecule has 0 aliphatic rings. The van der Waals surface area contributed by atoms with Gasteiger partial charge in [0.25, 0.3) is 0 Å². The number of carboxylic acid groups (broad SMARTS) is 1. The number of carboxylic acids is 1. The van der Waals surface area contributed by atoms with Crippen LogP contribution >= 0.6 is 0 Å². The number of hydrogen-bond donors (Lipinski definition) is 1. The summed E-state index contributed by atoms with van der Waals surface area (Å²) in [5, 5.41) is 8.96. The number of furan rings is 1. The second kappa shape index (κ2) is 3.09. The van der Waals surface area contributed by atoms with Crippen LogP contribution in [0.25, 0.3) is 0 Å². The Hall–Kier alpha value is -1.51. The van der Waals surface area contributed by atoms with Crippen LogP contribution in [0, 0.1) is 6.92 Å². The molecule has 0 saturated carbocycles. The Morgan fingerprint density at radius 2 is 2.31 bits per heavy atom. The molecule has 0 aliphatic heterocycles. The topological polar surface area (TPSA) is 50.4 Å². The number of rotatable bonds is 3. The summed E-state index contributed by atoms with van der Waals surface area (Å²) in [5.41, 5.74) is -1.13. The first-order valence-corrected chi connectivity index (χ1v) is 3.94. The van der Waals surface area contributed by atoms with Crippen LogP contribution < -0.4 is 0 Å². The third kappa shape index (κ3) is 1.49. The van der Waals surface area contributed by atoms with Gasteiger partial charge in [0.1, 0.15) is 16.9 Å². The Balaban J connectivity index is 3.17. The molecule has 3 nitrogen and oxygen atoms in total. The molecule has 1 atom stereocenters. The summed E-state index contributed by atoms with van der Waals surface area (Å²) < 4.78 is 5.25. The lowest BCUT2D eigenvalue weighted by Gasteiger charge is -2.16. The van der Waals surface area contributed by atoms with E-state index in [1.165, 1.54) is 6.08 Å². The van der Waals surface area contributed by atoms with Gasteiger partial charge in [0, 0.05) is 0 Å². The highest BCUT2D eigenvalue weighted by molar-refractivity contribution is 5.82. The van der Waals surface area contributed by atoms with Crippen LogP contribution in [0.5, 0.6) is 0 Å². The monoisotopic (exact) mass is 180 g/mol. The maximum atomic E-state index is 10.9. The lowest BCUT2D eigenvalue weighted by atomic mass is 9.88. The van der Waals surface area contributed by atoms with Crippen molar-refractivity contribution < 1.29 is 14.3 Å². The molecule has 3 heteroatoms. The molecule has 1 aromatic heterocycles. The van der Waals surface area contributed by atoms with Crippen molar-refractivity contribution in [1.29, 1.82) is 0 Å². The Labute approximate surface area is 76.7 Å². The molecule has 0 bridgehead atoms. The second-order valence-electron chi connectivity index (χ2n) is 3.12. The molecule has 1 unspecified atom stereocenters. The maximum Gasteiger partial charge on any atom is 0.320 e. The molecule has 1 aromatic rings. The number of aliphatic carboxylic acids is 1. The molecule has 0 amide bonds. The first-order valence-electron chi connectivity index (χ1n) is 3.94. The molecule has 0 aliphatic carbocycles. The predicted octanol–water partition coefficient (Wildman–Crippen LogP) is 2.12. The van der Waals surface area contributed by atoms with Crippen molar-refractivity contribution in [2.75, 3.05) is 0 Å². The Morgan fingerprint density at radius 3 is 2.62 bits per heavy atom. The predicted molar refractivity (Wildman–Crippen MR) is 48.6 cm³/mol. The molecular weight excluding hydrogens is 168 g/mol. The first kappa shape index (κ1) is 9.58. The van der Waals surface area contributed by atoms with Crippen molar-refractivity contribution in [2.24, 2.45) is 0 Å².